The second-order valence-electron chi connectivity index (χ2n) is 6.16. The van der Waals surface area contributed by atoms with E-state index in [4.69, 9.17) is 25.8 Å². The average molecular weight is 373 g/mol. The van der Waals surface area contributed by atoms with E-state index in [1.165, 1.54) is 0 Å². The third kappa shape index (κ3) is 2.46. The number of hydrogen-bond donors (Lipinski definition) is 1. The fraction of sp³-hybridized carbons (Fsp3) is 0. The molecular weight excluding hydrogens is 360 g/mol. The van der Waals surface area contributed by atoms with E-state index in [2.05, 4.69) is 4.99 Å². The second-order valence-corrected chi connectivity index (χ2v) is 6.54. The number of furan rings is 2. The standard InChI is InChI=1S/C22H13ClN2O2/c23-20-15-6-2-4-8-18(15)27-22(20)21(25-12-24)13-9-10-19-16(11-13)14-5-1-3-7-17(14)26-19/h1-12,24H. The Hall–Kier alpha value is -3.37. The lowest BCUT2D eigenvalue weighted by molar-refractivity contribution is 0.605. The summed E-state index contributed by atoms with van der Waals surface area (Å²) in [6.07, 6.45) is 0.997. The Morgan fingerprint density at radius 3 is 2.22 bits per heavy atom. The van der Waals surface area contributed by atoms with Gasteiger partial charge in [0.1, 0.15) is 28.8 Å². The number of nitrogens with zero attached hydrogens (tertiary/aromatic N) is 1. The molecule has 0 atom stereocenters. The molecule has 1 N–H and O–H groups in total. The highest BCUT2D eigenvalue weighted by molar-refractivity contribution is 6.39. The molecule has 0 saturated carbocycles. The minimum atomic E-state index is 0.452. The number of benzene rings is 3. The van der Waals surface area contributed by atoms with Crippen LogP contribution in [-0.4, -0.2) is 12.1 Å². The van der Waals surface area contributed by atoms with Crippen molar-refractivity contribution in [1.29, 1.82) is 5.41 Å². The molecule has 0 spiro atoms. The molecule has 0 aliphatic carbocycles. The molecule has 5 rings (SSSR count). The van der Waals surface area contributed by atoms with Gasteiger partial charge in [0.05, 0.1) is 5.02 Å². The Labute approximate surface area is 159 Å². The van der Waals surface area contributed by atoms with Gasteiger partial charge in [-0.3, -0.25) is 5.41 Å². The zero-order chi connectivity index (χ0) is 18.4. The van der Waals surface area contributed by atoms with E-state index >= 15 is 0 Å². The summed E-state index contributed by atoms with van der Waals surface area (Å²) in [6, 6.07) is 21.2. The first kappa shape index (κ1) is 15.9. The van der Waals surface area contributed by atoms with Crippen LogP contribution >= 0.6 is 11.6 Å². The molecule has 0 aliphatic rings. The summed E-state index contributed by atoms with van der Waals surface area (Å²) < 4.78 is 11.8. The quantitative estimate of drug-likeness (QED) is 0.293. The first-order chi connectivity index (χ1) is 13.3. The molecule has 0 radical (unpaired) electrons. The van der Waals surface area contributed by atoms with Gasteiger partial charge in [-0.2, -0.15) is 0 Å². The Balaban J connectivity index is 1.76. The van der Waals surface area contributed by atoms with Gasteiger partial charge in [-0.05, 0) is 36.4 Å². The number of aliphatic imine (C=N–C) groups is 1. The van der Waals surface area contributed by atoms with Gasteiger partial charge in [0, 0.05) is 21.7 Å². The first-order valence-corrected chi connectivity index (χ1v) is 8.80. The van der Waals surface area contributed by atoms with E-state index in [1.54, 1.807) is 0 Å². The van der Waals surface area contributed by atoms with E-state index in [0.29, 0.717) is 22.1 Å². The maximum absolute atomic E-state index is 7.49. The highest BCUT2D eigenvalue weighted by Crippen LogP contribution is 2.34. The topological polar surface area (TPSA) is 62.5 Å². The van der Waals surface area contributed by atoms with Crippen molar-refractivity contribution >= 4 is 56.6 Å². The van der Waals surface area contributed by atoms with Crippen LogP contribution in [0.4, 0.5) is 0 Å². The Morgan fingerprint density at radius 1 is 0.815 bits per heavy atom. The lowest BCUT2D eigenvalue weighted by atomic mass is 10.0. The van der Waals surface area contributed by atoms with Crippen molar-refractivity contribution in [3.63, 3.8) is 0 Å². The van der Waals surface area contributed by atoms with Crippen molar-refractivity contribution in [2.75, 3.05) is 0 Å². The predicted molar refractivity (Wildman–Crippen MR) is 109 cm³/mol. The largest absolute Gasteiger partial charge is 0.456 e. The SMILES string of the molecule is N=CN=C(c1ccc2oc3ccccc3c2c1)c1oc2ccccc2c1Cl. The number of fused-ring (bicyclic) bond motifs is 4. The van der Waals surface area contributed by atoms with Crippen molar-refractivity contribution in [2.24, 2.45) is 4.99 Å². The molecule has 0 aliphatic heterocycles. The molecule has 3 aromatic carbocycles. The maximum atomic E-state index is 7.49. The van der Waals surface area contributed by atoms with E-state index in [0.717, 1.165) is 39.2 Å². The van der Waals surface area contributed by atoms with Crippen LogP contribution in [0.25, 0.3) is 32.9 Å². The molecule has 0 fully saturated rings. The number of rotatable bonds is 3. The van der Waals surface area contributed by atoms with Crippen molar-refractivity contribution in [3.8, 4) is 0 Å². The zero-order valence-corrected chi connectivity index (χ0v) is 14.8. The van der Waals surface area contributed by atoms with Gasteiger partial charge in [-0.15, -0.1) is 0 Å². The van der Waals surface area contributed by atoms with Crippen LogP contribution in [0.2, 0.25) is 5.02 Å². The van der Waals surface area contributed by atoms with Crippen LogP contribution in [0.3, 0.4) is 0 Å². The Kier molecular flexibility index (Phi) is 3.59. The molecule has 0 bridgehead atoms. The molecule has 130 valence electrons. The van der Waals surface area contributed by atoms with Gasteiger partial charge in [0.15, 0.2) is 5.76 Å². The summed E-state index contributed by atoms with van der Waals surface area (Å²) in [5.74, 6) is 0.452. The van der Waals surface area contributed by atoms with E-state index in [1.807, 2.05) is 66.7 Å². The Morgan fingerprint density at radius 2 is 1.48 bits per heavy atom. The van der Waals surface area contributed by atoms with Crippen LogP contribution in [0, 0.1) is 5.41 Å². The third-order valence-electron chi connectivity index (χ3n) is 4.59. The third-order valence-corrected chi connectivity index (χ3v) is 4.97. The summed E-state index contributed by atoms with van der Waals surface area (Å²) >= 11 is 6.56. The molecule has 5 aromatic rings. The fourth-order valence-electron chi connectivity index (χ4n) is 3.37. The van der Waals surface area contributed by atoms with Gasteiger partial charge in [0.25, 0.3) is 0 Å². The summed E-state index contributed by atoms with van der Waals surface area (Å²) in [7, 11) is 0. The van der Waals surface area contributed by atoms with Crippen LogP contribution in [0.15, 0.2) is 80.6 Å². The van der Waals surface area contributed by atoms with Gasteiger partial charge in [0.2, 0.25) is 0 Å². The molecule has 27 heavy (non-hydrogen) atoms. The monoisotopic (exact) mass is 372 g/mol. The second kappa shape index (κ2) is 6.11. The summed E-state index contributed by atoms with van der Waals surface area (Å²) in [5, 5.41) is 10.8. The lowest BCUT2D eigenvalue weighted by Crippen LogP contribution is -2.03. The van der Waals surface area contributed by atoms with E-state index in [9.17, 15) is 0 Å². The van der Waals surface area contributed by atoms with Crippen LogP contribution in [-0.2, 0) is 0 Å². The fourth-order valence-corrected chi connectivity index (χ4v) is 3.65. The number of halogens is 1. The van der Waals surface area contributed by atoms with E-state index < -0.39 is 0 Å². The highest BCUT2D eigenvalue weighted by Gasteiger charge is 2.20. The number of nitrogens with one attached hydrogen (secondary N) is 1. The first-order valence-electron chi connectivity index (χ1n) is 8.42. The van der Waals surface area contributed by atoms with Crippen LogP contribution in [0.1, 0.15) is 11.3 Å². The lowest BCUT2D eigenvalue weighted by Gasteiger charge is -2.04. The molecule has 0 unspecified atom stereocenters. The van der Waals surface area contributed by atoms with Crippen molar-refractivity contribution in [1.82, 2.24) is 0 Å². The smallest absolute Gasteiger partial charge is 0.173 e. The predicted octanol–water partition coefficient (Wildman–Crippen LogP) is 6.43. The summed E-state index contributed by atoms with van der Waals surface area (Å²) in [5.41, 5.74) is 3.63. The molecule has 2 heterocycles. The van der Waals surface area contributed by atoms with E-state index in [-0.39, 0.29) is 0 Å². The maximum Gasteiger partial charge on any atom is 0.173 e. The normalized spacial score (nSPS) is 12.3. The van der Waals surface area contributed by atoms with Gasteiger partial charge in [-0.25, -0.2) is 4.99 Å². The minimum absolute atomic E-state index is 0.452. The summed E-state index contributed by atoms with van der Waals surface area (Å²) in [4.78, 5) is 4.24. The van der Waals surface area contributed by atoms with Gasteiger partial charge >= 0.3 is 0 Å². The average Bonchev–Trinajstić information content (AvgIpc) is 3.24. The minimum Gasteiger partial charge on any atom is -0.456 e. The molecule has 0 saturated heterocycles. The van der Waals surface area contributed by atoms with Crippen molar-refractivity contribution in [3.05, 3.63) is 83.1 Å². The molecule has 2 aromatic heterocycles. The molecular formula is C22H13ClN2O2. The zero-order valence-electron chi connectivity index (χ0n) is 14.1. The molecule has 4 nitrogen and oxygen atoms in total. The van der Waals surface area contributed by atoms with Crippen molar-refractivity contribution in [2.45, 2.75) is 0 Å². The number of hydrogen-bond acceptors (Lipinski definition) is 3. The Bertz CT molecular complexity index is 1360. The summed E-state index contributed by atoms with van der Waals surface area (Å²) in [6.45, 7) is 0. The van der Waals surface area contributed by atoms with Crippen molar-refractivity contribution < 1.29 is 8.83 Å². The van der Waals surface area contributed by atoms with Crippen LogP contribution in [0.5, 0.6) is 0 Å². The number of para-hydroxylation sites is 2. The molecule has 5 heteroatoms. The van der Waals surface area contributed by atoms with Gasteiger partial charge in [-0.1, -0.05) is 41.9 Å². The molecule has 0 amide bonds. The van der Waals surface area contributed by atoms with Crippen LogP contribution < -0.4 is 0 Å². The highest BCUT2D eigenvalue weighted by atomic mass is 35.5. The van der Waals surface area contributed by atoms with Gasteiger partial charge < -0.3 is 8.83 Å².